The van der Waals surface area contributed by atoms with Crippen LogP contribution < -0.4 is 0 Å². The molecule has 0 aliphatic heterocycles. The molecular weight excluding hydrogens is 192 g/mol. The lowest BCUT2D eigenvalue weighted by atomic mass is 9.94. The van der Waals surface area contributed by atoms with Crippen LogP contribution in [0, 0.1) is 0 Å². The fourth-order valence-electron chi connectivity index (χ4n) is 2.09. The first-order chi connectivity index (χ1) is 7.16. The zero-order valence-electron chi connectivity index (χ0n) is 9.63. The van der Waals surface area contributed by atoms with Crippen molar-refractivity contribution in [2.45, 2.75) is 37.7 Å². The zero-order chi connectivity index (χ0) is 11.1. The van der Waals surface area contributed by atoms with Crippen molar-refractivity contribution in [2.24, 2.45) is 0 Å². The van der Waals surface area contributed by atoms with Gasteiger partial charge in [-0.3, -0.25) is 0 Å². The lowest BCUT2D eigenvalue weighted by Gasteiger charge is -2.23. The van der Waals surface area contributed by atoms with Crippen molar-refractivity contribution < 1.29 is 14.6 Å². The molecule has 1 saturated carbocycles. The maximum atomic E-state index is 10.1. The summed E-state index contributed by atoms with van der Waals surface area (Å²) in [6, 6.07) is 0. The van der Waals surface area contributed by atoms with Crippen molar-refractivity contribution in [3.63, 3.8) is 0 Å². The summed E-state index contributed by atoms with van der Waals surface area (Å²) >= 11 is 0. The van der Waals surface area contributed by atoms with Crippen LogP contribution >= 0.6 is 0 Å². The average Bonchev–Trinajstić information content (AvgIpc) is 2.59. The summed E-state index contributed by atoms with van der Waals surface area (Å²) < 4.78 is 10.2. The Morgan fingerprint density at radius 2 is 2.00 bits per heavy atom. The second kappa shape index (κ2) is 6.26. The van der Waals surface area contributed by atoms with E-state index >= 15 is 0 Å². The maximum absolute atomic E-state index is 10.1. The molecule has 0 heterocycles. The number of hydrogen-bond donors (Lipinski definition) is 1. The summed E-state index contributed by atoms with van der Waals surface area (Å²) in [7, 11) is 1.65. The van der Waals surface area contributed by atoms with Gasteiger partial charge in [0.2, 0.25) is 0 Å². The molecule has 3 nitrogen and oxygen atoms in total. The van der Waals surface area contributed by atoms with Gasteiger partial charge in [-0.1, -0.05) is 19.4 Å². The molecule has 0 aromatic carbocycles. The highest BCUT2D eigenvalue weighted by Gasteiger charge is 2.31. The number of methoxy groups -OCH3 is 1. The predicted molar refractivity (Wildman–Crippen MR) is 59.9 cm³/mol. The summed E-state index contributed by atoms with van der Waals surface area (Å²) in [6.45, 7) is 5.67. The Morgan fingerprint density at radius 1 is 1.33 bits per heavy atom. The van der Waals surface area contributed by atoms with Crippen molar-refractivity contribution in [3.05, 3.63) is 12.2 Å². The summed E-state index contributed by atoms with van der Waals surface area (Å²) in [5.41, 5.74) is 0.484. The van der Waals surface area contributed by atoms with Crippen LogP contribution in [-0.4, -0.2) is 37.6 Å². The van der Waals surface area contributed by atoms with E-state index in [9.17, 15) is 5.11 Å². The van der Waals surface area contributed by atoms with E-state index in [-0.39, 0.29) is 0 Å². The van der Waals surface area contributed by atoms with Gasteiger partial charge in [-0.2, -0.15) is 0 Å². The summed E-state index contributed by atoms with van der Waals surface area (Å²) in [4.78, 5) is 0. The summed E-state index contributed by atoms with van der Waals surface area (Å²) in [6.07, 6.45) is 4.76. The monoisotopic (exact) mass is 214 g/mol. The van der Waals surface area contributed by atoms with Gasteiger partial charge in [0.05, 0.1) is 25.4 Å². The summed E-state index contributed by atoms with van der Waals surface area (Å²) in [5, 5.41) is 10.1. The fraction of sp³-hybridized carbons (Fsp3) is 0.833. The van der Waals surface area contributed by atoms with E-state index in [0.29, 0.717) is 26.2 Å². The standard InChI is InChI=1S/C12H22O3/c1-11(10-15-8-7-14-2)9-12(13)5-3-4-6-12/h13H,1,3-10H2,2H3. The second-order valence-electron chi connectivity index (χ2n) is 4.40. The smallest absolute Gasteiger partial charge is 0.0704 e. The van der Waals surface area contributed by atoms with Crippen molar-refractivity contribution in [1.82, 2.24) is 0 Å². The van der Waals surface area contributed by atoms with E-state index in [0.717, 1.165) is 31.3 Å². The van der Waals surface area contributed by atoms with E-state index < -0.39 is 5.60 Å². The Morgan fingerprint density at radius 3 is 2.60 bits per heavy atom. The minimum absolute atomic E-state index is 0.498. The first-order valence-electron chi connectivity index (χ1n) is 5.62. The van der Waals surface area contributed by atoms with Gasteiger partial charge in [0.1, 0.15) is 0 Å². The molecule has 0 aromatic rings. The topological polar surface area (TPSA) is 38.7 Å². The molecular formula is C12H22O3. The van der Waals surface area contributed by atoms with Crippen LogP contribution in [0.3, 0.4) is 0 Å². The molecule has 1 aliphatic rings. The summed E-state index contributed by atoms with van der Waals surface area (Å²) in [5.74, 6) is 0. The molecule has 15 heavy (non-hydrogen) atoms. The fourth-order valence-corrected chi connectivity index (χ4v) is 2.09. The van der Waals surface area contributed by atoms with E-state index in [1.54, 1.807) is 7.11 Å². The molecule has 0 bridgehead atoms. The third-order valence-electron chi connectivity index (χ3n) is 2.85. The Kier molecular flexibility index (Phi) is 5.29. The van der Waals surface area contributed by atoms with Crippen LogP contribution in [0.4, 0.5) is 0 Å². The zero-order valence-corrected chi connectivity index (χ0v) is 9.63. The van der Waals surface area contributed by atoms with Crippen molar-refractivity contribution >= 4 is 0 Å². The molecule has 0 spiro atoms. The Labute approximate surface area is 92.1 Å². The van der Waals surface area contributed by atoms with Crippen molar-refractivity contribution in [2.75, 3.05) is 26.9 Å². The Balaban J connectivity index is 2.12. The lowest BCUT2D eigenvalue weighted by molar-refractivity contribution is 0.0386. The SMILES string of the molecule is C=C(COCCOC)CC1(O)CCCC1. The van der Waals surface area contributed by atoms with Crippen molar-refractivity contribution in [3.8, 4) is 0 Å². The van der Waals surface area contributed by atoms with E-state index in [1.165, 1.54) is 0 Å². The number of ether oxygens (including phenoxy) is 2. The average molecular weight is 214 g/mol. The van der Waals surface area contributed by atoms with Crippen LogP contribution in [0.25, 0.3) is 0 Å². The second-order valence-corrected chi connectivity index (χ2v) is 4.40. The van der Waals surface area contributed by atoms with Crippen LogP contribution in [0.15, 0.2) is 12.2 Å². The highest BCUT2D eigenvalue weighted by atomic mass is 16.5. The van der Waals surface area contributed by atoms with Crippen LogP contribution in [-0.2, 0) is 9.47 Å². The molecule has 88 valence electrons. The van der Waals surface area contributed by atoms with Gasteiger partial charge < -0.3 is 14.6 Å². The normalized spacial score (nSPS) is 19.3. The molecule has 1 fully saturated rings. The molecule has 0 saturated heterocycles. The highest BCUT2D eigenvalue weighted by Crippen LogP contribution is 2.34. The quantitative estimate of drug-likeness (QED) is 0.519. The highest BCUT2D eigenvalue weighted by molar-refractivity contribution is 5.03. The molecule has 0 unspecified atom stereocenters. The molecule has 1 aliphatic carbocycles. The molecule has 0 amide bonds. The minimum atomic E-state index is -0.498. The molecule has 0 atom stereocenters. The number of hydrogen-bond acceptors (Lipinski definition) is 3. The maximum Gasteiger partial charge on any atom is 0.0704 e. The molecule has 1 rings (SSSR count). The molecule has 0 aromatic heterocycles. The number of rotatable bonds is 7. The Bertz CT molecular complexity index is 195. The minimum Gasteiger partial charge on any atom is -0.390 e. The van der Waals surface area contributed by atoms with Crippen molar-refractivity contribution in [1.29, 1.82) is 0 Å². The largest absolute Gasteiger partial charge is 0.390 e. The van der Waals surface area contributed by atoms with Crippen LogP contribution in [0.5, 0.6) is 0 Å². The first-order valence-corrected chi connectivity index (χ1v) is 5.62. The van der Waals surface area contributed by atoms with Gasteiger partial charge in [0, 0.05) is 7.11 Å². The predicted octanol–water partition coefficient (Wildman–Crippen LogP) is 1.90. The Hall–Kier alpha value is -0.380. The van der Waals surface area contributed by atoms with Gasteiger partial charge in [-0.25, -0.2) is 0 Å². The third kappa shape index (κ3) is 4.78. The molecule has 1 N–H and O–H groups in total. The first kappa shape index (κ1) is 12.7. The van der Waals surface area contributed by atoms with Crippen LogP contribution in [0.2, 0.25) is 0 Å². The van der Waals surface area contributed by atoms with Gasteiger partial charge in [0.15, 0.2) is 0 Å². The third-order valence-corrected chi connectivity index (χ3v) is 2.85. The van der Waals surface area contributed by atoms with Gasteiger partial charge in [-0.15, -0.1) is 0 Å². The van der Waals surface area contributed by atoms with E-state index in [1.807, 2.05) is 0 Å². The van der Waals surface area contributed by atoms with Crippen LogP contribution in [0.1, 0.15) is 32.1 Å². The van der Waals surface area contributed by atoms with Gasteiger partial charge in [0.25, 0.3) is 0 Å². The van der Waals surface area contributed by atoms with Gasteiger partial charge in [-0.05, 0) is 24.8 Å². The lowest BCUT2D eigenvalue weighted by Crippen LogP contribution is -2.25. The number of aliphatic hydroxyl groups is 1. The molecule has 3 heteroatoms. The molecule has 0 radical (unpaired) electrons. The van der Waals surface area contributed by atoms with E-state index in [4.69, 9.17) is 9.47 Å². The van der Waals surface area contributed by atoms with Gasteiger partial charge >= 0.3 is 0 Å². The van der Waals surface area contributed by atoms with E-state index in [2.05, 4.69) is 6.58 Å².